The van der Waals surface area contributed by atoms with Crippen molar-refractivity contribution in [3.8, 4) is 0 Å². The van der Waals surface area contributed by atoms with Gasteiger partial charge in [-0.1, -0.05) is 30.8 Å². The number of hydrogen-bond donors (Lipinski definition) is 0. The lowest BCUT2D eigenvalue weighted by Gasteiger charge is -2.31. The van der Waals surface area contributed by atoms with Gasteiger partial charge in [0.2, 0.25) is 5.95 Å². The zero-order valence-electron chi connectivity index (χ0n) is 17.3. The minimum absolute atomic E-state index is 0.329. The lowest BCUT2D eigenvalue weighted by atomic mass is 10.00. The summed E-state index contributed by atoms with van der Waals surface area (Å²) in [5, 5.41) is 9.84. The van der Waals surface area contributed by atoms with E-state index < -0.39 is 0 Å². The minimum atomic E-state index is -0.329. The van der Waals surface area contributed by atoms with Crippen molar-refractivity contribution in [2.75, 3.05) is 25.1 Å². The summed E-state index contributed by atoms with van der Waals surface area (Å²) < 4.78 is 12.5. The van der Waals surface area contributed by atoms with Gasteiger partial charge in [0.25, 0.3) is 0 Å². The maximum absolute atomic E-state index is 11.8. The van der Waals surface area contributed by atoms with Crippen LogP contribution in [0.25, 0.3) is 0 Å². The molecule has 0 spiro atoms. The molecule has 4 rings (SSSR count). The van der Waals surface area contributed by atoms with Crippen LogP contribution in [0.15, 0.2) is 52.2 Å². The highest BCUT2D eigenvalue weighted by Crippen LogP contribution is 2.29. The molecule has 0 radical (unpaired) electrons. The van der Waals surface area contributed by atoms with Gasteiger partial charge in [0.05, 0.1) is 25.5 Å². The van der Waals surface area contributed by atoms with Crippen molar-refractivity contribution in [3.63, 3.8) is 0 Å². The first-order chi connectivity index (χ1) is 14.6. The number of methoxy groups -OCH3 is 1. The number of anilines is 1. The number of hydrogen-bond acceptors (Lipinski definition) is 7. The average molecular weight is 427 g/mol. The Labute approximate surface area is 180 Å². The SMILES string of the molecule is COC(=O)c1cccc(CSc2nnc(N3CCC(C)CC3)n2Cc2ccco2)c1. The van der Waals surface area contributed by atoms with E-state index >= 15 is 0 Å². The molecule has 0 amide bonds. The van der Waals surface area contributed by atoms with Gasteiger partial charge in [0.1, 0.15) is 5.76 Å². The van der Waals surface area contributed by atoms with E-state index in [0.29, 0.717) is 17.9 Å². The smallest absolute Gasteiger partial charge is 0.337 e. The van der Waals surface area contributed by atoms with Gasteiger partial charge in [-0.2, -0.15) is 0 Å². The molecule has 2 aromatic heterocycles. The summed E-state index contributed by atoms with van der Waals surface area (Å²) in [6, 6.07) is 11.4. The maximum Gasteiger partial charge on any atom is 0.337 e. The number of aromatic nitrogens is 3. The number of ether oxygens (including phenoxy) is 1. The van der Waals surface area contributed by atoms with Crippen molar-refractivity contribution >= 4 is 23.7 Å². The third kappa shape index (κ3) is 4.70. The van der Waals surface area contributed by atoms with Crippen LogP contribution in [0.1, 0.15) is 41.4 Å². The average Bonchev–Trinajstić information content (AvgIpc) is 3.43. The Bertz CT molecular complexity index is 978. The van der Waals surface area contributed by atoms with E-state index in [4.69, 9.17) is 9.15 Å². The van der Waals surface area contributed by atoms with Gasteiger partial charge in [-0.05, 0) is 48.6 Å². The number of piperidine rings is 1. The summed E-state index contributed by atoms with van der Waals surface area (Å²) in [7, 11) is 1.39. The van der Waals surface area contributed by atoms with Gasteiger partial charge in [0.15, 0.2) is 5.16 Å². The molecule has 158 valence electrons. The van der Waals surface area contributed by atoms with E-state index in [0.717, 1.165) is 54.3 Å². The van der Waals surface area contributed by atoms with Gasteiger partial charge >= 0.3 is 5.97 Å². The summed E-state index contributed by atoms with van der Waals surface area (Å²) in [6.07, 6.45) is 4.01. The number of nitrogens with zero attached hydrogens (tertiary/aromatic N) is 4. The molecule has 0 atom stereocenters. The predicted molar refractivity (Wildman–Crippen MR) is 116 cm³/mol. The molecule has 1 aliphatic heterocycles. The van der Waals surface area contributed by atoms with Crippen LogP contribution in [-0.4, -0.2) is 40.9 Å². The molecular formula is C22H26N4O3S. The molecule has 0 bridgehead atoms. The number of rotatable bonds is 7. The number of esters is 1. The number of carbonyl (C=O) groups excluding carboxylic acids is 1. The molecule has 7 nitrogen and oxygen atoms in total. The van der Waals surface area contributed by atoms with Crippen LogP contribution in [0.5, 0.6) is 0 Å². The summed E-state index contributed by atoms with van der Waals surface area (Å²) >= 11 is 1.60. The third-order valence-electron chi connectivity index (χ3n) is 5.37. The molecule has 1 aromatic carbocycles. The van der Waals surface area contributed by atoms with Crippen LogP contribution in [-0.2, 0) is 17.0 Å². The van der Waals surface area contributed by atoms with Crippen LogP contribution in [0.2, 0.25) is 0 Å². The fourth-order valence-electron chi connectivity index (χ4n) is 3.58. The Morgan fingerprint density at radius 3 is 2.80 bits per heavy atom. The topological polar surface area (TPSA) is 73.4 Å². The van der Waals surface area contributed by atoms with Crippen molar-refractivity contribution in [1.29, 1.82) is 0 Å². The van der Waals surface area contributed by atoms with E-state index in [-0.39, 0.29) is 5.97 Å². The van der Waals surface area contributed by atoms with E-state index in [2.05, 4.69) is 26.6 Å². The molecule has 30 heavy (non-hydrogen) atoms. The van der Waals surface area contributed by atoms with Gasteiger partial charge in [-0.3, -0.25) is 4.57 Å². The van der Waals surface area contributed by atoms with E-state index in [1.165, 1.54) is 7.11 Å². The second-order valence-corrected chi connectivity index (χ2v) is 8.54. The molecule has 8 heteroatoms. The lowest BCUT2D eigenvalue weighted by molar-refractivity contribution is 0.0600. The van der Waals surface area contributed by atoms with Crippen LogP contribution in [0.4, 0.5) is 5.95 Å². The van der Waals surface area contributed by atoms with Crippen molar-refractivity contribution in [2.24, 2.45) is 5.92 Å². The highest BCUT2D eigenvalue weighted by Gasteiger charge is 2.23. The first kappa shape index (κ1) is 20.5. The highest BCUT2D eigenvalue weighted by molar-refractivity contribution is 7.98. The monoisotopic (exact) mass is 426 g/mol. The molecule has 3 heterocycles. The largest absolute Gasteiger partial charge is 0.467 e. The standard InChI is InChI=1S/C22H26N4O3S/c1-16-8-10-25(11-9-16)21-23-24-22(26(21)14-19-7-4-12-29-19)30-15-17-5-3-6-18(13-17)20(27)28-2/h3-7,12-13,16H,8-11,14-15H2,1-2H3. The fourth-order valence-corrected chi connectivity index (χ4v) is 4.46. The molecule has 1 aliphatic rings. The number of thioether (sulfide) groups is 1. The van der Waals surface area contributed by atoms with E-state index in [1.54, 1.807) is 24.1 Å². The Kier molecular flexibility index (Phi) is 6.42. The summed E-state index contributed by atoms with van der Waals surface area (Å²) in [6.45, 7) is 4.87. The van der Waals surface area contributed by atoms with Crippen LogP contribution >= 0.6 is 11.8 Å². The molecular weight excluding hydrogens is 400 g/mol. The third-order valence-corrected chi connectivity index (χ3v) is 6.41. The molecule has 0 saturated carbocycles. The van der Waals surface area contributed by atoms with Gasteiger partial charge in [-0.25, -0.2) is 4.79 Å². The quantitative estimate of drug-likeness (QED) is 0.413. The number of benzene rings is 1. The normalized spacial score (nSPS) is 14.8. The van der Waals surface area contributed by atoms with Crippen molar-refractivity contribution in [2.45, 2.75) is 37.2 Å². The van der Waals surface area contributed by atoms with Crippen LogP contribution in [0, 0.1) is 5.92 Å². The van der Waals surface area contributed by atoms with E-state index in [9.17, 15) is 4.79 Å². The van der Waals surface area contributed by atoms with Crippen molar-refractivity contribution in [1.82, 2.24) is 14.8 Å². The highest BCUT2D eigenvalue weighted by atomic mass is 32.2. The second kappa shape index (κ2) is 9.38. The molecule has 0 N–H and O–H groups in total. The lowest BCUT2D eigenvalue weighted by Crippen LogP contribution is -2.35. The fraction of sp³-hybridized carbons (Fsp3) is 0.409. The first-order valence-corrected chi connectivity index (χ1v) is 11.1. The van der Waals surface area contributed by atoms with Gasteiger partial charge < -0.3 is 14.1 Å². The summed E-state index contributed by atoms with van der Waals surface area (Å²) in [5.74, 6) is 2.86. The molecule has 1 saturated heterocycles. The number of carbonyl (C=O) groups is 1. The molecule has 3 aromatic rings. The zero-order chi connectivity index (χ0) is 20.9. The Morgan fingerprint density at radius 2 is 2.07 bits per heavy atom. The second-order valence-electron chi connectivity index (χ2n) is 7.60. The Hall–Kier alpha value is -2.74. The minimum Gasteiger partial charge on any atom is -0.467 e. The van der Waals surface area contributed by atoms with Crippen LogP contribution < -0.4 is 4.90 Å². The van der Waals surface area contributed by atoms with E-state index in [1.807, 2.05) is 30.3 Å². The van der Waals surface area contributed by atoms with Gasteiger partial charge in [-0.15, -0.1) is 10.2 Å². The molecule has 0 aliphatic carbocycles. The van der Waals surface area contributed by atoms with Crippen molar-refractivity contribution < 1.29 is 13.9 Å². The Morgan fingerprint density at radius 1 is 1.23 bits per heavy atom. The summed E-state index contributed by atoms with van der Waals surface area (Å²) in [5.41, 5.74) is 1.58. The first-order valence-electron chi connectivity index (χ1n) is 10.1. The Balaban J connectivity index is 1.54. The van der Waals surface area contributed by atoms with Gasteiger partial charge in [0, 0.05) is 18.8 Å². The summed E-state index contributed by atoms with van der Waals surface area (Å²) in [4.78, 5) is 14.1. The maximum atomic E-state index is 11.8. The van der Waals surface area contributed by atoms with Crippen LogP contribution in [0.3, 0.4) is 0 Å². The predicted octanol–water partition coefficient (Wildman–Crippen LogP) is 4.23. The number of furan rings is 1. The zero-order valence-corrected chi connectivity index (χ0v) is 18.1. The van der Waals surface area contributed by atoms with Crippen molar-refractivity contribution in [3.05, 3.63) is 59.5 Å². The molecule has 0 unspecified atom stereocenters. The molecule has 1 fully saturated rings.